The predicted octanol–water partition coefficient (Wildman–Crippen LogP) is 3.90. The maximum absolute atomic E-state index is 11.7. The van der Waals surface area contributed by atoms with Gasteiger partial charge in [0, 0.05) is 35.6 Å². The molecule has 1 aromatic carbocycles. The number of carboxylic acid groups (broad SMARTS) is 1. The van der Waals surface area contributed by atoms with E-state index in [1.54, 1.807) is 18.2 Å². The Kier molecular flexibility index (Phi) is 5.83. The number of aromatic amines is 1. The summed E-state index contributed by atoms with van der Waals surface area (Å²) in [6.45, 7) is 5.68. The zero-order chi connectivity index (χ0) is 21.1. The Balaban J connectivity index is 1.96. The van der Waals surface area contributed by atoms with Gasteiger partial charge in [0.2, 0.25) is 5.16 Å². The summed E-state index contributed by atoms with van der Waals surface area (Å²) < 4.78 is 1.92. The molecule has 9 nitrogen and oxygen atoms in total. The van der Waals surface area contributed by atoms with Gasteiger partial charge >= 0.3 is 5.97 Å². The van der Waals surface area contributed by atoms with Gasteiger partial charge in [-0.15, -0.1) is 5.10 Å². The van der Waals surface area contributed by atoms with Gasteiger partial charge in [-0.1, -0.05) is 6.92 Å². The molecule has 2 aromatic heterocycles. The van der Waals surface area contributed by atoms with E-state index in [0.717, 1.165) is 34.4 Å². The van der Waals surface area contributed by atoms with Gasteiger partial charge in [-0.3, -0.25) is 15.2 Å². The second kappa shape index (κ2) is 8.31. The van der Waals surface area contributed by atoms with E-state index in [4.69, 9.17) is 0 Å². The summed E-state index contributed by atoms with van der Waals surface area (Å²) in [6, 6.07) is 8.08. The van der Waals surface area contributed by atoms with Gasteiger partial charge in [-0.05, 0) is 55.4 Å². The summed E-state index contributed by atoms with van der Waals surface area (Å²) in [5.41, 5.74) is 3.20. The number of nitro benzene ring substituents is 1. The number of aromatic nitrogens is 4. The molecule has 29 heavy (non-hydrogen) atoms. The van der Waals surface area contributed by atoms with Crippen molar-refractivity contribution in [3.05, 3.63) is 68.1 Å². The van der Waals surface area contributed by atoms with Crippen molar-refractivity contribution in [1.82, 2.24) is 19.7 Å². The molecule has 0 spiro atoms. The minimum Gasteiger partial charge on any atom is -0.477 e. The highest BCUT2D eigenvalue weighted by molar-refractivity contribution is 8.04. The molecule has 0 bridgehead atoms. The first-order valence-electron chi connectivity index (χ1n) is 8.78. The number of benzene rings is 1. The van der Waals surface area contributed by atoms with Crippen LogP contribution in [0.3, 0.4) is 0 Å². The molecule has 3 rings (SSSR count). The van der Waals surface area contributed by atoms with Crippen molar-refractivity contribution in [2.75, 3.05) is 0 Å². The average Bonchev–Trinajstić information content (AvgIpc) is 3.25. The van der Waals surface area contributed by atoms with E-state index in [1.807, 2.05) is 31.4 Å². The summed E-state index contributed by atoms with van der Waals surface area (Å²) in [7, 11) is 0. The third-order valence-electron chi connectivity index (χ3n) is 4.33. The number of hydrogen-bond acceptors (Lipinski definition) is 6. The quantitative estimate of drug-likeness (QED) is 0.260. The highest BCUT2D eigenvalue weighted by Gasteiger charge is 2.17. The molecule has 10 heteroatoms. The van der Waals surface area contributed by atoms with Crippen LogP contribution >= 0.6 is 11.8 Å². The molecule has 0 amide bonds. The monoisotopic (exact) mass is 413 g/mol. The second-order valence-corrected chi connectivity index (χ2v) is 7.28. The number of aryl methyl sites for hydroxylation is 2. The molecule has 0 radical (unpaired) electrons. The molecule has 0 aliphatic heterocycles. The largest absolute Gasteiger partial charge is 0.477 e. The lowest BCUT2D eigenvalue weighted by atomic mass is 10.2. The Bertz CT molecular complexity index is 1100. The zero-order valence-corrected chi connectivity index (χ0v) is 16.9. The summed E-state index contributed by atoms with van der Waals surface area (Å²) >= 11 is 0.977. The number of aliphatic carboxylic acids is 1. The van der Waals surface area contributed by atoms with Gasteiger partial charge in [0.15, 0.2) is 0 Å². The van der Waals surface area contributed by atoms with Crippen molar-refractivity contribution in [3.8, 4) is 5.69 Å². The summed E-state index contributed by atoms with van der Waals surface area (Å²) in [5, 5.41) is 27.6. The van der Waals surface area contributed by atoms with E-state index in [0.29, 0.717) is 17.4 Å². The number of carbonyl (C=O) groups is 1. The highest BCUT2D eigenvalue weighted by Crippen LogP contribution is 2.29. The van der Waals surface area contributed by atoms with Crippen molar-refractivity contribution in [1.29, 1.82) is 0 Å². The van der Waals surface area contributed by atoms with Gasteiger partial charge in [0.1, 0.15) is 10.7 Å². The highest BCUT2D eigenvalue weighted by atomic mass is 32.2. The summed E-state index contributed by atoms with van der Waals surface area (Å²) in [4.78, 5) is 26.5. The number of non-ortho nitro benzene ring substituents is 1. The molecule has 0 saturated carbocycles. The molecule has 3 aromatic rings. The topological polar surface area (TPSA) is 127 Å². The fourth-order valence-corrected chi connectivity index (χ4v) is 3.63. The summed E-state index contributed by atoms with van der Waals surface area (Å²) in [6.07, 6.45) is 2.26. The number of nitro groups is 1. The molecule has 2 heterocycles. The Morgan fingerprint density at radius 2 is 2.03 bits per heavy atom. The first-order chi connectivity index (χ1) is 13.8. The minimum absolute atomic E-state index is 0.0128. The van der Waals surface area contributed by atoms with Crippen LogP contribution in [0.4, 0.5) is 5.69 Å². The maximum Gasteiger partial charge on any atom is 0.342 e. The first kappa shape index (κ1) is 20.3. The third-order valence-corrected chi connectivity index (χ3v) is 5.21. The molecule has 0 fully saturated rings. The molecule has 0 saturated heterocycles. The van der Waals surface area contributed by atoms with E-state index < -0.39 is 10.9 Å². The van der Waals surface area contributed by atoms with E-state index in [1.165, 1.54) is 12.1 Å². The number of hydrogen-bond donors (Lipinski definition) is 2. The molecule has 0 atom stereocenters. The Labute approximate surface area is 170 Å². The lowest BCUT2D eigenvalue weighted by Gasteiger charge is -2.09. The standard InChI is InChI=1S/C19H19N5O4S/c1-4-17-20-19(22-21-17)29-16(18(25)26)10-13-9-11(2)23(12(13)3)14-5-7-15(8-6-14)24(27)28/h5-10H,4H2,1-3H3,(H,25,26)(H,20,21,22)/b16-10-. The van der Waals surface area contributed by atoms with Gasteiger partial charge in [0.25, 0.3) is 5.69 Å². The molecule has 0 unspecified atom stereocenters. The predicted molar refractivity (Wildman–Crippen MR) is 109 cm³/mol. The van der Waals surface area contributed by atoms with E-state index in [2.05, 4.69) is 15.2 Å². The van der Waals surface area contributed by atoms with Crippen molar-refractivity contribution in [2.45, 2.75) is 32.3 Å². The van der Waals surface area contributed by atoms with Crippen LogP contribution in [0.5, 0.6) is 0 Å². The van der Waals surface area contributed by atoms with Crippen molar-refractivity contribution >= 4 is 29.5 Å². The smallest absolute Gasteiger partial charge is 0.342 e. The zero-order valence-electron chi connectivity index (χ0n) is 16.0. The molecular weight excluding hydrogens is 394 g/mol. The first-order valence-corrected chi connectivity index (χ1v) is 9.59. The number of nitrogens with one attached hydrogen (secondary N) is 1. The number of nitrogens with zero attached hydrogens (tertiary/aromatic N) is 4. The number of thioether (sulfide) groups is 1. The molecule has 0 aliphatic carbocycles. The normalized spacial score (nSPS) is 11.6. The maximum atomic E-state index is 11.7. The number of carboxylic acids is 1. The van der Waals surface area contributed by atoms with Crippen LogP contribution in [0.15, 0.2) is 40.4 Å². The average molecular weight is 413 g/mol. The van der Waals surface area contributed by atoms with Crippen LogP contribution in [-0.2, 0) is 11.2 Å². The summed E-state index contributed by atoms with van der Waals surface area (Å²) in [5.74, 6) is -0.383. The van der Waals surface area contributed by atoms with Crippen molar-refractivity contribution < 1.29 is 14.8 Å². The lowest BCUT2D eigenvalue weighted by Crippen LogP contribution is -2.00. The molecule has 2 N–H and O–H groups in total. The van der Waals surface area contributed by atoms with Crippen molar-refractivity contribution in [3.63, 3.8) is 0 Å². The van der Waals surface area contributed by atoms with Crippen LogP contribution in [0.25, 0.3) is 11.8 Å². The van der Waals surface area contributed by atoms with Crippen LogP contribution in [0.2, 0.25) is 0 Å². The lowest BCUT2D eigenvalue weighted by molar-refractivity contribution is -0.384. The van der Waals surface area contributed by atoms with Gasteiger partial charge in [0.05, 0.1) is 4.92 Å². The Hall–Kier alpha value is -3.40. The van der Waals surface area contributed by atoms with E-state index >= 15 is 0 Å². The van der Waals surface area contributed by atoms with Crippen LogP contribution in [-0.4, -0.2) is 35.7 Å². The number of H-pyrrole nitrogens is 1. The Morgan fingerprint density at radius 1 is 1.34 bits per heavy atom. The van der Waals surface area contributed by atoms with Gasteiger partial charge in [-0.2, -0.15) is 0 Å². The fraction of sp³-hybridized carbons (Fsp3) is 0.211. The molecule has 150 valence electrons. The van der Waals surface area contributed by atoms with Gasteiger partial charge in [-0.25, -0.2) is 9.78 Å². The Morgan fingerprint density at radius 3 is 2.59 bits per heavy atom. The van der Waals surface area contributed by atoms with E-state index in [-0.39, 0.29) is 10.6 Å². The van der Waals surface area contributed by atoms with Crippen LogP contribution in [0.1, 0.15) is 29.7 Å². The SMILES string of the molecule is CCc1nc(S/C(=C\c2cc(C)n(-c3ccc([N+](=O)[O-])cc3)c2C)C(=O)O)n[nH]1. The number of rotatable bonds is 7. The van der Waals surface area contributed by atoms with Crippen molar-refractivity contribution in [2.24, 2.45) is 0 Å². The van der Waals surface area contributed by atoms with Gasteiger partial charge < -0.3 is 9.67 Å². The molecule has 0 aliphatic rings. The fourth-order valence-electron chi connectivity index (χ4n) is 2.91. The van der Waals surface area contributed by atoms with Crippen LogP contribution < -0.4 is 0 Å². The second-order valence-electron chi connectivity index (χ2n) is 6.27. The van der Waals surface area contributed by atoms with Crippen LogP contribution in [0, 0.1) is 24.0 Å². The van der Waals surface area contributed by atoms with E-state index in [9.17, 15) is 20.0 Å². The minimum atomic E-state index is -1.07. The third kappa shape index (κ3) is 4.37. The molecular formula is C19H19N5O4S.